The molecular weight excluding hydrogens is 228 g/mol. The van der Waals surface area contributed by atoms with Crippen molar-refractivity contribution >= 4 is 0 Å². The largest absolute Gasteiger partial charge is 0.329 e. The van der Waals surface area contributed by atoms with Gasteiger partial charge in [0, 0.05) is 45.3 Å². The van der Waals surface area contributed by atoms with Crippen LogP contribution in [-0.2, 0) is 13.6 Å². The zero-order chi connectivity index (χ0) is 13.2. The maximum Gasteiger partial charge on any atom is 0.140 e. The Bertz CT molecular complexity index is 378. The fraction of sp³-hybridized carbons (Fsp3) is 0.833. The highest BCUT2D eigenvalue weighted by Crippen LogP contribution is 2.16. The van der Waals surface area contributed by atoms with Crippen LogP contribution in [0.1, 0.15) is 19.7 Å². The molecule has 0 saturated carbocycles. The fourth-order valence-electron chi connectivity index (χ4n) is 2.30. The standard InChI is InChI=1S/C12H24N6/c1-12(2,9-13)18-6-4-17(5-7-18)8-11-14-10-15-16(11)3/h10H,4-9,13H2,1-3H3. The van der Waals surface area contributed by atoms with E-state index in [9.17, 15) is 0 Å². The molecule has 6 heteroatoms. The van der Waals surface area contributed by atoms with Gasteiger partial charge in [-0.25, -0.2) is 4.98 Å². The molecule has 2 rings (SSSR count). The Morgan fingerprint density at radius 3 is 2.44 bits per heavy atom. The summed E-state index contributed by atoms with van der Waals surface area (Å²) >= 11 is 0. The van der Waals surface area contributed by atoms with E-state index in [4.69, 9.17) is 5.73 Å². The van der Waals surface area contributed by atoms with Crippen LogP contribution >= 0.6 is 0 Å². The van der Waals surface area contributed by atoms with Crippen LogP contribution in [0.15, 0.2) is 6.33 Å². The summed E-state index contributed by atoms with van der Waals surface area (Å²) < 4.78 is 1.84. The summed E-state index contributed by atoms with van der Waals surface area (Å²) in [6, 6.07) is 0. The number of rotatable bonds is 4. The van der Waals surface area contributed by atoms with Gasteiger partial charge in [-0.3, -0.25) is 14.5 Å². The normalized spacial score (nSPS) is 19.3. The molecule has 0 aromatic carbocycles. The second-order valence-electron chi connectivity index (χ2n) is 5.58. The van der Waals surface area contributed by atoms with Gasteiger partial charge < -0.3 is 5.73 Å². The summed E-state index contributed by atoms with van der Waals surface area (Å²) in [5.41, 5.74) is 5.93. The molecule has 0 radical (unpaired) electrons. The average molecular weight is 252 g/mol. The predicted octanol–water partition coefficient (Wildman–Crippen LogP) is -0.330. The molecule has 1 aromatic rings. The molecule has 0 bridgehead atoms. The lowest BCUT2D eigenvalue weighted by atomic mass is 10.0. The molecule has 0 spiro atoms. The van der Waals surface area contributed by atoms with Crippen molar-refractivity contribution in [2.75, 3.05) is 32.7 Å². The van der Waals surface area contributed by atoms with E-state index in [1.165, 1.54) is 0 Å². The van der Waals surface area contributed by atoms with Crippen molar-refractivity contribution in [3.05, 3.63) is 12.2 Å². The first-order valence-electron chi connectivity index (χ1n) is 6.53. The molecule has 1 fully saturated rings. The molecule has 1 aliphatic heterocycles. The third-order valence-electron chi connectivity index (χ3n) is 3.90. The van der Waals surface area contributed by atoms with Crippen LogP contribution in [0.25, 0.3) is 0 Å². The molecule has 2 heterocycles. The zero-order valence-electron chi connectivity index (χ0n) is 11.6. The van der Waals surface area contributed by atoms with Crippen molar-refractivity contribution in [3.8, 4) is 0 Å². The molecular formula is C12H24N6. The van der Waals surface area contributed by atoms with Gasteiger partial charge in [0.15, 0.2) is 0 Å². The number of nitrogens with zero attached hydrogens (tertiary/aromatic N) is 5. The second-order valence-corrected chi connectivity index (χ2v) is 5.58. The molecule has 2 N–H and O–H groups in total. The smallest absolute Gasteiger partial charge is 0.140 e. The zero-order valence-corrected chi connectivity index (χ0v) is 11.6. The molecule has 18 heavy (non-hydrogen) atoms. The van der Waals surface area contributed by atoms with Gasteiger partial charge in [-0.1, -0.05) is 0 Å². The van der Waals surface area contributed by atoms with Gasteiger partial charge in [0.05, 0.1) is 6.54 Å². The first-order chi connectivity index (χ1) is 8.53. The highest BCUT2D eigenvalue weighted by atomic mass is 15.3. The van der Waals surface area contributed by atoms with Gasteiger partial charge in [0.25, 0.3) is 0 Å². The predicted molar refractivity (Wildman–Crippen MR) is 71.0 cm³/mol. The molecule has 0 atom stereocenters. The lowest BCUT2D eigenvalue weighted by Crippen LogP contribution is -2.57. The van der Waals surface area contributed by atoms with Gasteiger partial charge in [-0.2, -0.15) is 5.10 Å². The van der Waals surface area contributed by atoms with Crippen LogP contribution in [0.4, 0.5) is 0 Å². The Kier molecular flexibility index (Phi) is 3.99. The quantitative estimate of drug-likeness (QED) is 0.795. The molecule has 102 valence electrons. The Hall–Kier alpha value is -0.980. The van der Waals surface area contributed by atoms with Crippen molar-refractivity contribution < 1.29 is 0 Å². The van der Waals surface area contributed by atoms with Gasteiger partial charge in [0.2, 0.25) is 0 Å². The minimum atomic E-state index is 0.108. The number of nitrogens with two attached hydrogens (primary N) is 1. The molecule has 0 unspecified atom stereocenters. The Morgan fingerprint density at radius 1 is 1.28 bits per heavy atom. The van der Waals surface area contributed by atoms with Gasteiger partial charge >= 0.3 is 0 Å². The Labute approximate surface area is 109 Å². The van der Waals surface area contributed by atoms with E-state index in [2.05, 4.69) is 33.7 Å². The first-order valence-corrected chi connectivity index (χ1v) is 6.53. The van der Waals surface area contributed by atoms with E-state index in [0.29, 0.717) is 6.54 Å². The van der Waals surface area contributed by atoms with E-state index in [-0.39, 0.29) is 5.54 Å². The van der Waals surface area contributed by atoms with Gasteiger partial charge in [0.1, 0.15) is 12.2 Å². The lowest BCUT2D eigenvalue weighted by molar-refractivity contribution is 0.0523. The summed E-state index contributed by atoms with van der Waals surface area (Å²) in [5.74, 6) is 1.03. The fourth-order valence-corrected chi connectivity index (χ4v) is 2.30. The van der Waals surface area contributed by atoms with Gasteiger partial charge in [-0.05, 0) is 13.8 Å². The molecule has 1 aromatic heterocycles. The van der Waals surface area contributed by atoms with E-state index in [0.717, 1.165) is 38.5 Å². The highest BCUT2D eigenvalue weighted by molar-refractivity contribution is 4.89. The average Bonchev–Trinajstić information content (AvgIpc) is 2.76. The van der Waals surface area contributed by atoms with E-state index >= 15 is 0 Å². The van der Waals surface area contributed by atoms with E-state index < -0.39 is 0 Å². The topological polar surface area (TPSA) is 63.2 Å². The number of hydrogen-bond acceptors (Lipinski definition) is 5. The summed E-state index contributed by atoms with van der Waals surface area (Å²) in [6.07, 6.45) is 1.61. The molecule has 0 aliphatic carbocycles. The minimum absolute atomic E-state index is 0.108. The van der Waals surface area contributed by atoms with Crippen molar-refractivity contribution in [3.63, 3.8) is 0 Å². The minimum Gasteiger partial charge on any atom is -0.329 e. The van der Waals surface area contributed by atoms with Crippen LogP contribution in [0.3, 0.4) is 0 Å². The Morgan fingerprint density at radius 2 is 1.94 bits per heavy atom. The van der Waals surface area contributed by atoms with Crippen LogP contribution in [0, 0.1) is 0 Å². The number of aromatic nitrogens is 3. The highest BCUT2D eigenvalue weighted by Gasteiger charge is 2.28. The van der Waals surface area contributed by atoms with Crippen LogP contribution in [-0.4, -0.2) is 62.8 Å². The van der Waals surface area contributed by atoms with Gasteiger partial charge in [-0.15, -0.1) is 0 Å². The summed E-state index contributed by atoms with van der Waals surface area (Å²) in [7, 11) is 1.94. The lowest BCUT2D eigenvalue weighted by Gasteiger charge is -2.43. The van der Waals surface area contributed by atoms with Crippen molar-refractivity contribution in [2.24, 2.45) is 12.8 Å². The molecule has 1 aliphatic rings. The van der Waals surface area contributed by atoms with Crippen molar-refractivity contribution in [1.82, 2.24) is 24.6 Å². The molecule has 0 amide bonds. The Balaban J connectivity index is 1.86. The number of hydrogen-bond donors (Lipinski definition) is 1. The molecule has 6 nitrogen and oxygen atoms in total. The number of aryl methyl sites for hydroxylation is 1. The van der Waals surface area contributed by atoms with E-state index in [1.54, 1.807) is 6.33 Å². The summed E-state index contributed by atoms with van der Waals surface area (Å²) in [6.45, 7) is 10.3. The van der Waals surface area contributed by atoms with Crippen LogP contribution in [0.2, 0.25) is 0 Å². The monoisotopic (exact) mass is 252 g/mol. The maximum atomic E-state index is 5.82. The van der Waals surface area contributed by atoms with Crippen molar-refractivity contribution in [2.45, 2.75) is 25.9 Å². The molecule has 1 saturated heterocycles. The van der Waals surface area contributed by atoms with Crippen LogP contribution in [0.5, 0.6) is 0 Å². The van der Waals surface area contributed by atoms with Crippen LogP contribution < -0.4 is 5.73 Å². The maximum absolute atomic E-state index is 5.82. The van der Waals surface area contributed by atoms with Crippen molar-refractivity contribution in [1.29, 1.82) is 0 Å². The number of piperazine rings is 1. The SMILES string of the molecule is Cn1ncnc1CN1CCN(C(C)(C)CN)CC1. The summed E-state index contributed by atoms with van der Waals surface area (Å²) in [4.78, 5) is 9.17. The second kappa shape index (κ2) is 5.34. The third-order valence-corrected chi connectivity index (χ3v) is 3.90. The summed E-state index contributed by atoms with van der Waals surface area (Å²) in [5, 5.41) is 4.10. The van der Waals surface area contributed by atoms with E-state index in [1.807, 2.05) is 11.7 Å². The third kappa shape index (κ3) is 2.88. The first kappa shape index (κ1) is 13.5.